The minimum atomic E-state index is -0.423. The van der Waals surface area contributed by atoms with Crippen LogP contribution in [-0.4, -0.2) is 40.8 Å². The summed E-state index contributed by atoms with van der Waals surface area (Å²) in [6, 6.07) is 7.20. The van der Waals surface area contributed by atoms with E-state index in [1.165, 1.54) is 10.9 Å². The summed E-state index contributed by atoms with van der Waals surface area (Å²) in [5.41, 5.74) is 2.69. The van der Waals surface area contributed by atoms with E-state index in [1.807, 2.05) is 39.0 Å². The van der Waals surface area contributed by atoms with Crippen LogP contribution in [0.15, 0.2) is 42.9 Å². The monoisotopic (exact) mass is 489 g/mol. The molecule has 1 aliphatic carbocycles. The number of nitrogens with one attached hydrogen (secondary N) is 3. The Morgan fingerprint density at radius 3 is 2.72 bits per heavy atom. The minimum Gasteiger partial charge on any atom is -0.349 e. The number of aryl methyl sites for hydroxylation is 2. The molecule has 4 aromatic heterocycles. The molecule has 0 aliphatic heterocycles. The number of amides is 1. The summed E-state index contributed by atoms with van der Waals surface area (Å²) in [4.78, 5) is 26.7. The van der Waals surface area contributed by atoms with Gasteiger partial charge in [-0.05, 0) is 51.7 Å². The summed E-state index contributed by atoms with van der Waals surface area (Å²) in [6.45, 7) is 5.80. The molecule has 4 heterocycles. The second-order valence-corrected chi connectivity index (χ2v) is 9.30. The van der Waals surface area contributed by atoms with Crippen LogP contribution in [0.3, 0.4) is 0 Å². The maximum atomic E-state index is 13.2. The summed E-state index contributed by atoms with van der Waals surface area (Å²) in [5.74, 6) is 2.26. The van der Waals surface area contributed by atoms with Crippen LogP contribution in [0, 0.1) is 25.6 Å². The van der Waals surface area contributed by atoms with Crippen molar-refractivity contribution in [3.8, 4) is 5.82 Å². The fraction of sp³-hybridized carbons (Fsp3) is 0.360. The molecule has 1 aliphatic rings. The van der Waals surface area contributed by atoms with E-state index in [0.29, 0.717) is 23.9 Å². The molecule has 3 atom stereocenters. The third kappa shape index (κ3) is 5.24. The van der Waals surface area contributed by atoms with Crippen molar-refractivity contribution in [2.24, 2.45) is 5.92 Å². The van der Waals surface area contributed by atoms with E-state index in [1.54, 1.807) is 12.3 Å². The van der Waals surface area contributed by atoms with Gasteiger partial charge in [0.15, 0.2) is 17.5 Å². The summed E-state index contributed by atoms with van der Waals surface area (Å²) >= 11 is 0. The van der Waals surface area contributed by atoms with Gasteiger partial charge in [0.05, 0.1) is 18.4 Å². The molecule has 4 aromatic rings. The van der Waals surface area contributed by atoms with E-state index < -0.39 is 5.82 Å². The number of carbonyl (C=O) groups is 1. The van der Waals surface area contributed by atoms with Gasteiger partial charge in [0.25, 0.3) is 0 Å². The van der Waals surface area contributed by atoms with E-state index in [4.69, 9.17) is 4.98 Å². The lowest BCUT2D eigenvalue weighted by atomic mass is 10.0. The number of hydrogen-bond donors (Lipinski definition) is 3. The SMILES string of the molecule is Cc1cc(Nc2cc(C)[nH]n2)nc([C@H]2CC[C@H](C(=O)NC(C)c3ccc(-n4cc(F)cn4)nc3)C2)n1. The van der Waals surface area contributed by atoms with Gasteiger partial charge in [-0.3, -0.25) is 9.89 Å². The standard InChI is InChI=1S/C25H28FN9O/c1-14-8-21(31-22-9-15(2)33-34-22)32-24(29-14)17-4-5-18(10-17)25(36)30-16(3)19-6-7-23(27-11-19)35-13-20(26)12-28-35/h6-9,11-13,16-18H,4-5,10H2,1-3H3,(H,30,36)(H2,29,31,32,33,34)/t16?,17-,18-/m0/s1. The van der Waals surface area contributed by atoms with Crippen LogP contribution < -0.4 is 10.6 Å². The number of halogens is 1. The fourth-order valence-electron chi connectivity index (χ4n) is 4.54. The number of nitrogens with zero attached hydrogens (tertiary/aromatic N) is 6. The lowest BCUT2D eigenvalue weighted by Crippen LogP contribution is -2.31. The molecular weight excluding hydrogens is 461 g/mol. The Balaban J connectivity index is 1.20. The van der Waals surface area contributed by atoms with E-state index in [-0.39, 0.29) is 23.8 Å². The van der Waals surface area contributed by atoms with Crippen LogP contribution >= 0.6 is 0 Å². The highest BCUT2D eigenvalue weighted by Crippen LogP contribution is 2.37. The van der Waals surface area contributed by atoms with E-state index in [9.17, 15) is 9.18 Å². The summed E-state index contributed by atoms with van der Waals surface area (Å²) in [7, 11) is 0. The Morgan fingerprint density at radius 1 is 1.17 bits per heavy atom. The molecule has 11 heteroatoms. The quantitative estimate of drug-likeness (QED) is 0.358. The number of pyridine rings is 1. The normalized spacial score (nSPS) is 18.2. The molecule has 0 saturated heterocycles. The number of aromatic amines is 1. The predicted octanol–water partition coefficient (Wildman–Crippen LogP) is 4.04. The second-order valence-electron chi connectivity index (χ2n) is 9.30. The number of H-pyrrole nitrogens is 1. The highest BCUT2D eigenvalue weighted by atomic mass is 19.1. The van der Waals surface area contributed by atoms with Gasteiger partial charge in [-0.1, -0.05) is 6.07 Å². The first-order valence-electron chi connectivity index (χ1n) is 12.0. The van der Waals surface area contributed by atoms with Gasteiger partial charge in [0, 0.05) is 41.6 Å². The Kier molecular flexibility index (Phi) is 6.45. The highest BCUT2D eigenvalue weighted by Gasteiger charge is 2.33. The fourth-order valence-corrected chi connectivity index (χ4v) is 4.54. The van der Waals surface area contributed by atoms with Gasteiger partial charge >= 0.3 is 0 Å². The molecule has 5 rings (SSSR count). The molecule has 1 saturated carbocycles. The number of rotatable bonds is 7. The number of aromatic nitrogens is 7. The van der Waals surface area contributed by atoms with Crippen LogP contribution in [0.5, 0.6) is 0 Å². The van der Waals surface area contributed by atoms with Crippen molar-refractivity contribution >= 4 is 17.5 Å². The van der Waals surface area contributed by atoms with Crippen molar-refractivity contribution in [2.75, 3.05) is 5.32 Å². The van der Waals surface area contributed by atoms with Crippen molar-refractivity contribution in [3.63, 3.8) is 0 Å². The molecule has 0 aromatic carbocycles. The van der Waals surface area contributed by atoms with Crippen LogP contribution in [0.25, 0.3) is 5.82 Å². The Labute approximate surface area is 207 Å². The first kappa shape index (κ1) is 23.6. The molecule has 1 unspecified atom stereocenters. The van der Waals surface area contributed by atoms with Crippen molar-refractivity contribution in [2.45, 2.75) is 52.0 Å². The van der Waals surface area contributed by atoms with Gasteiger partial charge < -0.3 is 10.6 Å². The summed E-state index contributed by atoms with van der Waals surface area (Å²) < 4.78 is 14.6. The Morgan fingerprint density at radius 2 is 2.03 bits per heavy atom. The van der Waals surface area contributed by atoms with E-state index >= 15 is 0 Å². The van der Waals surface area contributed by atoms with Crippen molar-refractivity contribution < 1.29 is 9.18 Å². The summed E-state index contributed by atoms with van der Waals surface area (Å²) in [6.07, 6.45) is 6.40. The highest BCUT2D eigenvalue weighted by molar-refractivity contribution is 5.79. The van der Waals surface area contributed by atoms with Crippen molar-refractivity contribution in [3.05, 3.63) is 71.4 Å². The van der Waals surface area contributed by atoms with Crippen LogP contribution in [0.2, 0.25) is 0 Å². The van der Waals surface area contributed by atoms with Crippen molar-refractivity contribution in [1.29, 1.82) is 0 Å². The van der Waals surface area contributed by atoms with E-state index in [2.05, 4.69) is 35.9 Å². The molecular formula is C25H28FN9O. The van der Waals surface area contributed by atoms with Crippen molar-refractivity contribution in [1.82, 2.24) is 40.2 Å². The first-order chi connectivity index (χ1) is 17.3. The second kappa shape index (κ2) is 9.84. The van der Waals surface area contributed by atoms with Gasteiger partial charge in [-0.15, -0.1) is 0 Å². The molecule has 10 nitrogen and oxygen atoms in total. The number of hydrogen-bond acceptors (Lipinski definition) is 7. The third-order valence-electron chi connectivity index (χ3n) is 6.42. The Bertz CT molecular complexity index is 1360. The van der Waals surface area contributed by atoms with Gasteiger partial charge in [-0.25, -0.2) is 24.0 Å². The maximum absolute atomic E-state index is 13.2. The largest absolute Gasteiger partial charge is 0.349 e. The first-order valence-corrected chi connectivity index (χ1v) is 12.0. The lowest BCUT2D eigenvalue weighted by Gasteiger charge is -2.18. The molecule has 0 radical (unpaired) electrons. The molecule has 0 spiro atoms. The zero-order chi connectivity index (χ0) is 25.2. The predicted molar refractivity (Wildman–Crippen MR) is 131 cm³/mol. The zero-order valence-electron chi connectivity index (χ0n) is 20.4. The Hall–Kier alpha value is -4.15. The van der Waals surface area contributed by atoms with Crippen LogP contribution in [0.1, 0.15) is 60.9 Å². The molecule has 36 heavy (non-hydrogen) atoms. The molecule has 1 amide bonds. The van der Waals surface area contributed by atoms with Gasteiger partial charge in [0.1, 0.15) is 11.6 Å². The van der Waals surface area contributed by atoms with Gasteiger partial charge in [-0.2, -0.15) is 10.2 Å². The van der Waals surface area contributed by atoms with Crippen LogP contribution in [-0.2, 0) is 4.79 Å². The number of carbonyl (C=O) groups excluding carboxylic acids is 1. The average molecular weight is 490 g/mol. The smallest absolute Gasteiger partial charge is 0.223 e. The molecule has 186 valence electrons. The third-order valence-corrected chi connectivity index (χ3v) is 6.42. The molecule has 3 N–H and O–H groups in total. The molecule has 1 fully saturated rings. The van der Waals surface area contributed by atoms with Gasteiger partial charge in [0.2, 0.25) is 5.91 Å². The molecule has 0 bridgehead atoms. The topological polar surface area (TPSA) is 126 Å². The maximum Gasteiger partial charge on any atom is 0.223 e. The number of anilines is 2. The zero-order valence-corrected chi connectivity index (χ0v) is 20.4. The van der Waals surface area contributed by atoms with E-state index in [0.717, 1.165) is 41.8 Å². The lowest BCUT2D eigenvalue weighted by molar-refractivity contribution is -0.125. The minimum absolute atomic E-state index is 0.0150. The summed E-state index contributed by atoms with van der Waals surface area (Å²) in [5, 5.41) is 17.4. The average Bonchev–Trinajstić information content (AvgIpc) is 3.60. The van der Waals surface area contributed by atoms with Crippen LogP contribution in [0.4, 0.5) is 16.0 Å².